The number of carbonyl (C=O) groups is 1. The number of ketones is 1. The van der Waals surface area contributed by atoms with E-state index in [9.17, 15) is 4.79 Å². The SMILES string of the molecule is CO[C@@H]1CCC(=O)C2=C1O[C@]1(C)CC[C@H](/C(C)=C/CC=C(C)C)[C@H]1C2. The second kappa shape index (κ2) is 7.11. The van der Waals surface area contributed by atoms with Gasteiger partial charge in [0.2, 0.25) is 0 Å². The Labute approximate surface area is 152 Å². The summed E-state index contributed by atoms with van der Waals surface area (Å²) in [4.78, 5) is 12.5. The Balaban J connectivity index is 1.85. The number of hydrogen-bond acceptors (Lipinski definition) is 3. The van der Waals surface area contributed by atoms with E-state index in [0.29, 0.717) is 18.3 Å². The van der Waals surface area contributed by atoms with Gasteiger partial charge < -0.3 is 9.47 Å². The molecule has 0 saturated heterocycles. The third-order valence-corrected chi connectivity index (χ3v) is 6.38. The highest BCUT2D eigenvalue weighted by Gasteiger charge is 2.53. The smallest absolute Gasteiger partial charge is 0.162 e. The van der Waals surface area contributed by atoms with Gasteiger partial charge in [-0.3, -0.25) is 4.79 Å². The molecule has 0 aromatic heterocycles. The van der Waals surface area contributed by atoms with Gasteiger partial charge in [-0.2, -0.15) is 0 Å². The van der Waals surface area contributed by atoms with Gasteiger partial charge in [0, 0.05) is 25.0 Å². The number of allylic oxidation sites excluding steroid dienone is 5. The van der Waals surface area contributed by atoms with Crippen LogP contribution in [-0.2, 0) is 14.3 Å². The Bertz CT molecular complexity index is 636. The molecule has 138 valence electrons. The number of rotatable bonds is 4. The molecule has 0 aromatic carbocycles. The highest BCUT2D eigenvalue weighted by Crippen LogP contribution is 2.54. The molecule has 1 saturated carbocycles. The molecule has 3 aliphatic rings. The molecule has 0 aromatic rings. The number of Topliss-reactive ketones (excluding diaryl/α,β-unsaturated/α-hetero) is 1. The number of fused-ring (bicyclic) bond motifs is 1. The zero-order chi connectivity index (χ0) is 18.2. The lowest BCUT2D eigenvalue weighted by Crippen LogP contribution is -2.44. The van der Waals surface area contributed by atoms with Crippen molar-refractivity contribution in [3.63, 3.8) is 0 Å². The van der Waals surface area contributed by atoms with Crippen molar-refractivity contribution < 1.29 is 14.3 Å². The van der Waals surface area contributed by atoms with Crippen LogP contribution < -0.4 is 0 Å². The molecule has 1 aliphatic heterocycles. The van der Waals surface area contributed by atoms with Crippen molar-refractivity contribution in [3.8, 4) is 0 Å². The molecule has 0 spiro atoms. The quantitative estimate of drug-likeness (QED) is 0.664. The molecule has 0 unspecified atom stereocenters. The minimum absolute atomic E-state index is 0.0427. The van der Waals surface area contributed by atoms with E-state index < -0.39 is 0 Å². The van der Waals surface area contributed by atoms with E-state index in [2.05, 4.69) is 39.8 Å². The van der Waals surface area contributed by atoms with Crippen molar-refractivity contribution in [2.75, 3.05) is 7.11 Å². The lowest BCUT2D eigenvalue weighted by molar-refractivity contribution is -0.123. The van der Waals surface area contributed by atoms with Crippen LogP contribution in [0.25, 0.3) is 0 Å². The van der Waals surface area contributed by atoms with Crippen molar-refractivity contribution in [2.24, 2.45) is 11.8 Å². The van der Waals surface area contributed by atoms with E-state index in [1.54, 1.807) is 7.11 Å². The second-order valence-electron chi connectivity index (χ2n) is 8.36. The van der Waals surface area contributed by atoms with Gasteiger partial charge in [-0.25, -0.2) is 0 Å². The summed E-state index contributed by atoms with van der Waals surface area (Å²) in [6.45, 7) is 8.76. The highest BCUT2D eigenvalue weighted by molar-refractivity contribution is 5.97. The first-order chi connectivity index (χ1) is 11.9. The first kappa shape index (κ1) is 18.4. The normalized spacial score (nSPS) is 35.2. The van der Waals surface area contributed by atoms with E-state index in [4.69, 9.17) is 9.47 Å². The fourth-order valence-corrected chi connectivity index (χ4v) is 4.83. The van der Waals surface area contributed by atoms with Crippen LogP contribution in [0.3, 0.4) is 0 Å². The van der Waals surface area contributed by atoms with Gasteiger partial charge in [-0.05, 0) is 65.7 Å². The van der Waals surface area contributed by atoms with Gasteiger partial charge >= 0.3 is 0 Å². The van der Waals surface area contributed by atoms with Crippen molar-refractivity contribution in [2.45, 2.75) is 77.9 Å². The van der Waals surface area contributed by atoms with Crippen LogP contribution in [0.2, 0.25) is 0 Å². The number of methoxy groups -OCH3 is 1. The second-order valence-corrected chi connectivity index (χ2v) is 8.36. The van der Waals surface area contributed by atoms with Crippen LogP contribution in [0.4, 0.5) is 0 Å². The van der Waals surface area contributed by atoms with E-state index >= 15 is 0 Å². The van der Waals surface area contributed by atoms with E-state index in [1.807, 2.05) is 0 Å². The molecule has 3 heteroatoms. The molecule has 0 N–H and O–H groups in total. The topological polar surface area (TPSA) is 35.5 Å². The predicted octanol–water partition coefficient (Wildman–Crippen LogP) is 5.13. The standard InChI is InChI=1S/C22H32O3/c1-14(2)7-6-8-15(3)16-11-12-22(4)18(16)13-17-19(23)9-10-20(24-5)21(17)25-22/h7-8,16,18,20H,6,9-13H2,1-5H3/b15-8+/t16-,18-,20-,22-/m1/s1. The van der Waals surface area contributed by atoms with Gasteiger partial charge in [-0.15, -0.1) is 0 Å². The van der Waals surface area contributed by atoms with Crippen molar-refractivity contribution in [1.82, 2.24) is 0 Å². The van der Waals surface area contributed by atoms with Crippen LogP contribution in [0.1, 0.15) is 66.2 Å². The third-order valence-electron chi connectivity index (χ3n) is 6.38. The molecule has 2 aliphatic carbocycles. The Kier molecular flexibility index (Phi) is 5.24. The van der Waals surface area contributed by atoms with E-state index in [1.165, 1.54) is 11.1 Å². The third kappa shape index (κ3) is 3.48. The molecule has 0 radical (unpaired) electrons. The maximum Gasteiger partial charge on any atom is 0.162 e. The van der Waals surface area contributed by atoms with Gasteiger partial charge in [0.15, 0.2) is 5.78 Å². The van der Waals surface area contributed by atoms with Gasteiger partial charge in [-0.1, -0.05) is 23.3 Å². The molecule has 25 heavy (non-hydrogen) atoms. The summed E-state index contributed by atoms with van der Waals surface area (Å²) < 4.78 is 12.1. The zero-order valence-corrected chi connectivity index (χ0v) is 16.4. The Hall–Kier alpha value is -1.35. The average molecular weight is 344 g/mol. The summed E-state index contributed by atoms with van der Waals surface area (Å²) in [6, 6.07) is 0. The van der Waals surface area contributed by atoms with Crippen LogP contribution in [0.5, 0.6) is 0 Å². The van der Waals surface area contributed by atoms with Crippen LogP contribution in [0.15, 0.2) is 34.6 Å². The summed E-state index contributed by atoms with van der Waals surface area (Å²) in [5.74, 6) is 2.01. The highest BCUT2D eigenvalue weighted by atomic mass is 16.5. The maximum absolute atomic E-state index is 12.5. The largest absolute Gasteiger partial charge is 0.488 e. The van der Waals surface area contributed by atoms with Crippen molar-refractivity contribution in [3.05, 3.63) is 34.6 Å². The molecule has 3 nitrogen and oxygen atoms in total. The number of carbonyl (C=O) groups excluding carboxylic acids is 1. The van der Waals surface area contributed by atoms with Crippen LogP contribution in [-0.4, -0.2) is 24.6 Å². The van der Waals surface area contributed by atoms with Gasteiger partial charge in [0.1, 0.15) is 17.5 Å². The summed E-state index contributed by atoms with van der Waals surface area (Å²) in [5, 5.41) is 0. The maximum atomic E-state index is 12.5. The van der Waals surface area contributed by atoms with Crippen LogP contribution in [0, 0.1) is 11.8 Å². The first-order valence-corrected chi connectivity index (χ1v) is 9.63. The molecular formula is C22H32O3. The lowest BCUT2D eigenvalue weighted by Gasteiger charge is -2.44. The minimum Gasteiger partial charge on any atom is -0.488 e. The monoisotopic (exact) mass is 344 g/mol. The van der Waals surface area contributed by atoms with Crippen LogP contribution >= 0.6 is 0 Å². The molecule has 3 rings (SSSR count). The predicted molar refractivity (Wildman–Crippen MR) is 100 cm³/mol. The average Bonchev–Trinajstić information content (AvgIpc) is 2.90. The number of hydrogen-bond donors (Lipinski definition) is 0. The van der Waals surface area contributed by atoms with Crippen molar-refractivity contribution in [1.29, 1.82) is 0 Å². The minimum atomic E-state index is -0.163. The van der Waals surface area contributed by atoms with E-state index in [-0.39, 0.29) is 17.5 Å². The zero-order valence-electron chi connectivity index (χ0n) is 16.4. The number of ether oxygens (including phenoxy) is 2. The molecule has 0 amide bonds. The fourth-order valence-electron chi connectivity index (χ4n) is 4.83. The summed E-state index contributed by atoms with van der Waals surface area (Å²) in [5.41, 5.74) is 3.55. The molecule has 0 bridgehead atoms. The summed E-state index contributed by atoms with van der Waals surface area (Å²) >= 11 is 0. The molecule has 4 atom stereocenters. The Morgan fingerprint density at radius 1 is 1.28 bits per heavy atom. The summed E-state index contributed by atoms with van der Waals surface area (Å²) in [6.07, 6.45) is 9.96. The molecule has 1 heterocycles. The van der Waals surface area contributed by atoms with Gasteiger partial charge in [0.25, 0.3) is 0 Å². The Morgan fingerprint density at radius 2 is 2.04 bits per heavy atom. The molecule has 1 fully saturated rings. The fraction of sp³-hybridized carbons (Fsp3) is 0.682. The van der Waals surface area contributed by atoms with E-state index in [0.717, 1.165) is 43.4 Å². The lowest BCUT2D eigenvalue weighted by atomic mass is 9.74. The first-order valence-electron chi connectivity index (χ1n) is 9.63. The molecular weight excluding hydrogens is 312 g/mol. The van der Waals surface area contributed by atoms with Crippen molar-refractivity contribution >= 4 is 5.78 Å². The van der Waals surface area contributed by atoms with Gasteiger partial charge in [0.05, 0.1) is 0 Å². The Morgan fingerprint density at radius 3 is 2.72 bits per heavy atom. The summed E-state index contributed by atoms with van der Waals surface area (Å²) in [7, 11) is 1.72.